The van der Waals surface area contributed by atoms with E-state index in [0.29, 0.717) is 6.54 Å². The number of likely N-dealkylation sites (tertiary alicyclic amines) is 1. The Hall–Kier alpha value is -0.490. The second-order valence-electron chi connectivity index (χ2n) is 4.38. The molecule has 1 aromatic carbocycles. The van der Waals surface area contributed by atoms with Gasteiger partial charge in [-0.2, -0.15) is 13.2 Å². The molecule has 1 aromatic rings. The van der Waals surface area contributed by atoms with E-state index in [-0.39, 0.29) is 30.9 Å². The molecule has 0 bridgehead atoms. The summed E-state index contributed by atoms with van der Waals surface area (Å²) in [6.07, 6.45) is -3.10. The second kappa shape index (κ2) is 7.33. The Balaban J connectivity index is 0.00000162. The van der Waals surface area contributed by atoms with Crippen molar-refractivity contribution in [2.45, 2.75) is 18.6 Å². The lowest BCUT2D eigenvalue weighted by Crippen LogP contribution is -2.41. The van der Waals surface area contributed by atoms with E-state index in [4.69, 9.17) is 5.73 Å². The minimum Gasteiger partial charge on any atom is -0.323 e. The van der Waals surface area contributed by atoms with Crippen molar-refractivity contribution >= 4 is 24.8 Å². The van der Waals surface area contributed by atoms with Gasteiger partial charge in [-0.15, -0.1) is 24.8 Å². The van der Waals surface area contributed by atoms with Crippen molar-refractivity contribution in [2.24, 2.45) is 5.73 Å². The van der Waals surface area contributed by atoms with Crippen LogP contribution in [0.4, 0.5) is 13.2 Å². The molecule has 2 nitrogen and oxygen atoms in total. The van der Waals surface area contributed by atoms with Gasteiger partial charge in [0.1, 0.15) is 0 Å². The maximum atomic E-state index is 12.4. The van der Waals surface area contributed by atoms with Crippen LogP contribution in [-0.4, -0.2) is 24.5 Å². The molecule has 0 aromatic heterocycles. The van der Waals surface area contributed by atoms with E-state index in [1.54, 1.807) is 0 Å². The van der Waals surface area contributed by atoms with E-state index >= 15 is 0 Å². The first-order valence-corrected chi connectivity index (χ1v) is 5.62. The largest absolute Gasteiger partial charge is 0.416 e. The summed E-state index contributed by atoms with van der Waals surface area (Å²) in [5.74, 6) is 0. The summed E-state index contributed by atoms with van der Waals surface area (Å²) in [7, 11) is 0. The normalized spacial score (nSPS) is 16.8. The van der Waals surface area contributed by atoms with Gasteiger partial charge in [-0.25, -0.2) is 0 Å². The molecule has 0 saturated carbocycles. The van der Waals surface area contributed by atoms with Gasteiger partial charge >= 0.3 is 6.18 Å². The SMILES string of the molecule is Cl.Cl.NC(CN1CCC1)c1ccc(C(F)(F)F)cc1. The highest BCUT2D eigenvalue weighted by Gasteiger charge is 2.30. The van der Waals surface area contributed by atoms with E-state index in [1.807, 2.05) is 0 Å². The minimum atomic E-state index is -4.28. The van der Waals surface area contributed by atoms with Crippen molar-refractivity contribution in [3.63, 3.8) is 0 Å². The van der Waals surface area contributed by atoms with Gasteiger partial charge in [-0.05, 0) is 37.2 Å². The van der Waals surface area contributed by atoms with Gasteiger partial charge < -0.3 is 10.6 Å². The molecule has 1 heterocycles. The number of halogens is 5. The van der Waals surface area contributed by atoms with Crippen LogP contribution < -0.4 is 5.73 Å². The van der Waals surface area contributed by atoms with Crippen LogP contribution >= 0.6 is 24.8 Å². The molecule has 2 N–H and O–H groups in total. The third-order valence-corrected chi connectivity index (χ3v) is 3.07. The smallest absolute Gasteiger partial charge is 0.323 e. The van der Waals surface area contributed by atoms with Crippen LogP contribution in [0.25, 0.3) is 0 Å². The Bertz CT molecular complexity index is 378. The summed E-state index contributed by atoms with van der Waals surface area (Å²) in [6, 6.07) is 4.90. The average Bonchev–Trinajstić information content (AvgIpc) is 2.22. The maximum Gasteiger partial charge on any atom is 0.416 e. The molecule has 7 heteroatoms. The van der Waals surface area contributed by atoms with E-state index in [1.165, 1.54) is 18.6 Å². The standard InChI is InChI=1S/C12H15F3N2.2ClH/c13-12(14,15)10-4-2-9(3-5-10)11(16)8-17-6-1-7-17;;/h2-5,11H,1,6-8,16H2;2*1H. The maximum absolute atomic E-state index is 12.4. The van der Waals surface area contributed by atoms with Crippen molar-refractivity contribution in [2.75, 3.05) is 19.6 Å². The Labute approximate surface area is 123 Å². The lowest BCUT2D eigenvalue weighted by molar-refractivity contribution is -0.137. The zero-order valence-electron chi connectivity index (χ0n) is 10.2. The molecule has 1 aliphatic rings. The van der Waals surface area contributed by atoms with Gasteiger partial charge in [0.05, 0.1) is 5.56 Å². The Morgan fingerprint density at radius 1 is 1.11 bits per heavy atom. The zero-order valence-corrected chi connectivity index (χ0v) is 11.8. The summed E-state index contributed by atoms with van der Waals surface area (Å²) in [4.78, 5) is 2.20. The summed E-state index contributed by atoms with van der Waals surface area (Å²) >= 11 is 0. The number of alkyl halides is 3. The fraction of sp³-hybridized carbons (Fsp3) is 0.500. The van der Waals surface area contributed by atoms with E-state index < -0.39 is 11.7 Å². The molecule has 1 aliphatic heterocycles. The number of benzene rings is 1. The van der Waals surface area contributed by atoms with Crippen LogP contribution in [-0.2, 0) is 6.18 Å². The topological polar surface area (TPSA) is 29.3 Å². The van der Waals surface area contributed by atoms with E-state index in [9.17, 15) is 13.2 Å². The molecule has 0 amide bonds. The highest BCUT2D eigenvalue weighted by Crippen LogP contribution is 2.29. The van der Waals surface area contributed by atoms with Crippen LogP contribution in [0.5, 0.6) is 0 Å². The van der Waals surface area contributed by atoms with Gasteiger partial charge in [0.25, 0.3) is 0 Å². The molecular weight excluding hydrogens is 300 g/mol. The fourth-order valence-corrected chi connectivity index (χ4v) is 1.87. The lowest BCUT2D eigenvalue weighted by atomic mass is 10.0. The van der Waals surface area contributed by atoms with E-state index in [0.717, 1.165) is 30.8 Å². The molecular formula is C12H17Cl2F3N2. The summed E-state index contributed by atoms with van der Waals surface area (Å²) in [6.45, 7) is 2.79. The van der Waals surface area contributed by atoms with Crippen molar-refractivity contribution in [3.8, 4) is 0 Å². The molecule has 1 atom stereocenters. The van der Waals surface area contributed by atoms with Crippen molar-refractivity contribution in [3.05, 3.63) is 35.4 Å². The summed E-state index contributed by atoms with van der Waals surface area (Å²) in [5, 5.41) is 0. The molecule has 2 rings (SSSR count). The quantitative estimate of drug-likeness (QED) is 0.927. The van der Waals surface area contributed by atoms with Gasteiger partial charge in [-0.1, -0.05) is 12.1 Å². The van der Waals surface area contributed by atoms with Crippen LogP contribution in [0.15, 0.2) is 24.3 Å². The molecule has 110 valence electrons. The van der Waals surface area contributed by atoms with Gasteiger partial charge in [-0.3, -0.25) is 0 Å². The predicted octanol–water partition coefficient (Wildman–Crippen LogP) is 3.25. The third kappa shape index (κ3) is 4.84. The summed E-state index contributed by atoms with van der Waals surface area (Å²) in [5.41, 5.74) is 6.07. The summed E-state index contributed by atoms with van der Waals surface area (Å²) < 4.78 is 37.1. The Morgan fingerprint density at radius 3 is 2.00 bits per heavy atom. The fourth-order valence-electron chi connectivity index (χ4n) is 1.87. The number of hydrogen-bond acceptors (Lipinski definition) is 2. The van der Waals surface area contributed by atoms with Gasteiger partial charge in [0.2, 0.25) is 0 Å². The molecule has 0 radical (unpaired) electrons. The zero-order chi connectivity index (χ0) is 12.5. The monoisotopic (exact) mass is 316 g/mol. The Morgan fingerprint density at radius 2 is 1.63 bits per heavy atom. The van der Waals surface area contributed by atoms with Crippen LogP contribution in [0, 0.1) is 0 Å². The van der Waals surface area contributed by atoms with Crippen LogP contribution in [0.3, 0.4) is 0 Å². The number of nitrogens with two attached hydrogens (primary N) is 1. The van der Waals surface area contributed by atoms with Gasteiger partial charge in [0, 0.05) is 12.6 Å². The number of hydrogen-bond donors (Lipinski definition) is 1. The van der Waals surface area contributed by atoms with Crippen molar-refractivity contribution < 1.29 is 13.2 Å². The average molecular weight is 317 g/mol. The predicted molar refractivity (Wildman–Crippen MR) is 73.9 cm³/mol. The first-order chi connectivity index (χ1) is 7.97. The second-order valence-corrected chi connectivity index (χ2v) is 4.38. The highest BCUT2D eigenvalue weighted by molar-refractivity contribution is 5.85. The molecule has 0 spiro atoms. The molecule has 1 saturated heterocycles. The molecule has 1 fully saturated rings. The van der Waals surface area contributed by atoms with Gasteiger partial charge in [0.15, 0.2) is 0 Å². The first kappa shape index (κ1) is 18.5. The highest BCUT2D eigenvalue weighted by atomic mass is 35.5. The van der Waals surface area contributed by atoms with Crippen molar-refractivity contribution in [1.82, 2.24) is 4.90 Å². The van der Waals surface area contributed by atoms with E-state index in [2.05, 4.69) is 4.90 Å². The van der Waals surface area contributed by atoms with Crippen molar-refractivity contribution in [1.29, 1.82) is 0 Å². The lowest BCUT2D eigenvalue weighted by Gasteiger charge is -2.33. The van der Waals surface area contributed by atoms with Crippen LogP contribution in [0.1, 0.15) is 23.6 Å². The number of nitrogens with zero attached hydrogens (tertiary/aromatic N) is 1. The molecule has 19 heavy (non-hydrogen) atoms. The first-order valence-electron chi connectivity index (χ1n) is 5.62. The minimum absolute atomic E-state index is 0. The third-order valence-electron chi connectivity index (χ3n) is 3.07. The Kier molecular flexibility index (Phi) is 7.15. The number of rotatable bonds is 3. The van der Waals surface area contributed by atoms with Crippen LogP contribution in [0.2, 0.25) is 0 Å². The molecule has 0 aliphatic carbocycles. The molecule has 1 unspecified atom stereocenters.